The molecule has 0 radical (unpaired) electrons. The number of ether oxygens (including phenoxy) is 2. The number of benzene rings is 1. The highest BCUT2D eigenvalue weighted by Gasteiger charge is 2.36. The summed E-state index contributed by atoms with van der Waals surface area (Å²) in [6.45, 7) is 2.49. The Bertz CT molecular complexity index is 843. The van der Waals surface area contributed by atoms with Crippen LogP contribution in [0.1, 0.15) is 19.8 Å². The Morgan fingerprint density at radius 3 is 2.70 bits per heavy atom. The first kappa shape index (κ1) is 18.9. The van der Waals surface area contributed by atoms with Gasteiger partial charge in [-0.3, -0.25) is 9.69 Å². The number of halogens is 1. The third-order valence-corrected chi connectivity index (χ3v) is 4.30. The quantitative estimate of drug-likeness (QED) is 0.406. The Kier molecular flexibility index (Phi) is 5.75. The van der Waals surface area contributed by atoms with E-state index in [1.165, 1.54) is 17.0 Å². The molecule has 1 aromatic carbocycles. The molecule has 0 saturated carbocycles. The molecule has 1 aliphatic heterocycles. The number of hydrogen-bond donors (Lipinski definition) is 0. The van der Waals surface area contributed by atoms with Gasteiger partial charge in [-0.15, -0.1) is 0 Å². The highest BCUT2D eigenvalue weighted by molar-refractivity contribution is 6.30. The van der Waals surface area contributed by atoms with Crippen molar-refractivity contribution in [3.63, 3.8) is 0 Å². The number of hydrogen-bond acceptors (Lipinski definition) is 6. The van der Waals surface area contributed by atoms with Crippen LogP contribution in [-0.4, -0.2) is 35.1 Å². The Balaban J connectivity index is 1.60. The second-order valence-electron chi connectivity index (χ2n) is 6.01. The molecule has 1 aromatic heterocycles. The van der Waals surface area contributed by atoms with Gasteiger partial charge in [-0.25, -0.2) is 0 Å². The van der Waals surface area contributed by atoms with Crippen LogP contribution in [0.4, 0.5) is 11.6 Å². The summed E-state index contributed by atoms with van der Waals surface area (Å²) < 4.78 is 11.1. The number of amides is 1. The summed E-state index contributed by atoms with van der Waals surface area (Å²) in [5.41, 5.74) is 0. The molecular weight excluding hydrogens is 374 g/mol. The van der Waals surface area contributed by atoms with E-state index in [-0.39, 0.29) is 17.5 Å². The molecule has 2 heterocycles. The van der Waals surface area contributed by atoms with E-state index < -0.39 is 11.0 Å². The smallest absolute Gasteiger partial charge is 0.366 e. The largest absolute Gasteiger partial charge is 0.494 e. The molecule has 142 valence electrons. The molecule has 1 unspecified atom stereocenters. The van der Waals surface area contributed by atoms with Gasteiger partial charge in [0.2, 0.25) is 0 Å². The van der Waals surface area contributed by atoms with Crippen LogP contribution in [0.15, 0.2) is 36.4 Å². The number of fused-ring (bicyclic) bond motifs is 1. The summed E-state index contributed by atoms with van der Waals surface area (Å²) in [7, 11) is 0. The predicted molar refractivity (Wildman–Crippen MR) is 99.5 cm³/mol. The molecule has 1 aliphatic rings. The van der Waals surface area contributed by atoms with Crippen LogP contribution in [0.3, 0.4) is 0 Å². The summed E-state index contributed by atoms with van der Waals surface area (Å²) in [5.74, 6) is 0.680. The molecule has 2 aromatic rings. The molecule has 1 amide bonds. The van der Waals surface area contributed by atoms with E-state index in [9.17, 15) is 14.9 Å². The maximum Gasteiger partial charge on any atom is 0.366 e. The van der Waals surface area contributed by atoms with E-state index >= 15 is 0 Å². The zero-order chi connectivity index (χ0) is 19.4. The molecule has 0 bridgehead atoms. The van der Waals surface area contributed by atoms with Gasteiger partial charge >= 0.3 is 5.82 Å². The Labute approximate surface area is 160 Å². The maximum atomic E-state index is 12.4. The minimum absolute atomic E-state index is 0.186. The first-order valence-corrected chi connectivity index (χ1v) is 8.85. The van der Waals surface area contributed by atoms with Gasteiger partial charge in [0.15, 0.2) is 11.9 Å². The van der Waals surface area contributed by atoms with Crippen LogP contribution in [-0.2, 0) is 4.79 Å². The lowest BCUT2D eigenvalue weighted by Crippen LogP contribution is -2.45. The van der Waals surface area contributed by atoms with Gasteiger partial charge in [0.25, 0.3) is 11.7 Å². The summed E-state index contributed by atoms with van der Waals surface area (Å²) >= 11 is 5.83. The number of carbonyl (C=O) groups is 1. The van der Waals surface area contributed by atoms with Gasteiger partial charge in [0.05, 0.1) is 6.61 Å². The molecule has 27 heavy (non-hydrogen) atoms. The second kappa shape index (κ2) is 8.22. The van der Waals surface area contributed by atoms with Crippen LogP contribution >= 0.6 is 11.6 Å². The fraction of sp³-hybridized carbons (Fsp3) is 0.333. The summed E-state index contributed by atoms with van der Waals surface area (Å²) in [4.78, 5) is 28.2. The summed E-state index contributed by atoms with van der Waals surface area (Å²) in [5, 5.41) is 11.6. The van der Waals surface area contributed by atoms with E-state index in [1.54, 1.807) is 31.2 Å². The van der Waals surface area contributed by atoms with Gasteiger partial charge in [0, 0.05) is 17.6 Å². The van der Waals surface area contributed by atoms with E-state index in [2.05, 4.69) is 4.98 Å². The second-order valence-corrected chi connectivity index (χ2v) is 6.44. The standard InChI is InChI=1S/C18H18ClN3O5/c1-12-18(23)21(17-15(27-12)8-9-16(20-17)22(24)25)10-2-3-11-26-14-6-4-13(19)5-7-14/h4-9,12H,2-3,10-11H2,1H3. The molecular formula is C18H18ClN3O5. The highest BCUT2D eigenvalue weighted by atomic mass is 35.5. The van der Waals surface area contributed by atoms with Crippen molar-refractivity contribution in [2.45, 2.75) is 25.9 Å². The van der Waals surface area contributed by atoms with Crippen molar-refractivity contribution in [1.82, 2.24) is 4.98 Å². The maximum absolute atomic E-state index is 12.4. The zero-order valence-electron chi connectivity index (χ0n) is 14.6. The predicted octanol–water partition coefficient (Wildman–Crippen LogP) is 3.62. The number of nitro groups is 1. The molecule has 8 nitrogen and oxygen atoms in total. The van der Waals surface area contributed by atoms with Gasteiger partial charge < -0.3 is 19.6 Å². The molecule has 0 spiro atoms. The minimum Gasteiger partial charge on any atom is -0.494 e. The fourth-order valence-corrected chi connectivity index (χ4v) is 2.81. The van der Waals surface area contributed by atoms with Crippen molar-refractivity contribution in [1.29, 1.82) is 0 Å². The third kappa shape index (κ3) is 4.46. The van der Waals surface area contributed by atoms with Crippen molar-refractivity contribution in [2.24, 2.45) is 0 Å². The van der Waals surface area contributed by atoms with Gasteiger partial charge in [-0.05, 0) is 60.0 Å². The summed E-state index contributed by atoms with van der Waals surface area (Å²) in [6.07, 6.45) is 0.688. The van der Waals surface area contributed by atoms with E-state index in [0.29, 0.717) is 36.8 Å². The van der Waals surface area contributed by atoms with Gasteiger partial charge in [0.1, 0.15) is 5.75 Å². The first-order valence-electron chi connectivity index (χ1n) is 8.47. The number of nitrogens with zero attached hydrogens (tertiary/aromatic N) is 3. The molecule has 0 saturated heterocycles. The average molecular weight is 392 g/mol. The van der Waals surface area contributed by atoms with E-state index in [1.807, 2.05) is 0 Å². The third-order valence-electron chi connectivity index (χ3n) is 4.04. The molecule has 1 atom stereocenters. The molecule has 0 N–H and O–H groups in total. The molecule has 3 rings (SSSR count). The first-order chi connectivity index (χ1) is 13.0. The lowest BCUT2D eigenvalue weighted by molar-refractivity contribution is -0.389. The molecule has 9 heteroatoms. The number of rotatable bonds is 7. The van der Waals surface area contributed by atoms with Crippen LogP contribution in [0.2, 0.25) is 5.02 Å². The number of carbonyl (C=O) groups excluding carboxylic acids is 1. The van der Waals surface area contributed by atoms with E-state index in [4.69, 9.17) is 21.1 Å². The van der Waals surface area contributed by atoms with Crippen LogP contribution in [0.5, 0.6) is 11.5 Å². The molecule has 0 aliphatic carbocycles. The lowest BCUT2D eigenvalue weighted by atomic mass is 10.2. The van der Waals surface area contributed by atoms with Crippen LogP contribution < -0.4 is 14.4 Å². The van der Waals surface area contributed by atoms with Crippen molar-refractivity contribution >= 4 is 29.1 Å². The number of pyridine rings is 1. The minimum atomic E-state index is -0.661. The zero-order valence-corrected chi connectivity index (χ0v) is 15.4. The lowest BCUT2D eigenvalue weighted by Gasteiger charge is -2.29. The Hall–Kier alpha value is -2.87. The van der Waals surface area contributed by atoms with Crippen molar-refractivity contribution in [3.8, 4) is 11.5 Å². The Morgan fingerprint density at radius 2 is 2.00 bits per heavy atom. The fourth-order valence-electron chi connectivity index (χ4n) is 2.69. The van der Waals surface area contributed by atoms with Gasteiger partial charge in [-0.2, -0.15) is 0 Å². The van der Waals surface area contributed by atoms with Crippen molar-refractivity contribution in [3.05, 3.63) is 51.5 Å². The highest BCUT2D eigenvalue weighted by Crippen LogP contribution is 2.34. The van der Waals surface area contributed by atoms with Crippen LogP contribution in [0.25, 0.3) is 0 Å². The normalized spacial score (nSPS) is 15.9. The van der Waals surface area contributed by atoms with Crippen molar-refractivity contribution < 1.29 is 19.2 Å². The Morgan fingerprint density at radius 1 is 1.26 bits per heavy atom. The SMILES string of the molecule is CC1Oc2ccc([N+](=O)[O-])nc2N(CCCCOc2ccc(Cl)cc2)C1=O. The number of anilines is 1. The van der Waals surface area contributed by atoms with Gasteiger partial charge in [-0.1, -0.05) is 11.6 Å². The van der Waals surface area contributed by atoms with Crippen LogP contribution in [0, 0.1) is 10.1 Å². The van der Waals surface area contributed by atoms with E-state index in [0.717, 1.165) is 5.75 Å². The van der Waals surface area contributed by atoms with Crippen molar-refractivity contribution in [2.75, 3.05) is 18.1 Å². The number of aromatic nitrogens is 1. The monoisotopic (exact) mass is 391 g/mol. The summed E-state index contributed by atoms with van der Waals surface area (Å²) in [6, 6.07) is 9.81. The average Bonchev–Trinajstić information content (AvgIpc) is 2.65. The topological polar surface area (TPSA) is 94.8 Å². The number of unbranched alkanes of at least 4 members (excludes halogenated alkanes) is 1. The molecule has 0 fully saturated rings.